The molecule has 2 amide bonds. The van der Waals surface area contributed by atoms with E-state index >= 15 is 0 Å². The lowest BCUT2D eigenvalue weighted by molar-refractivity contribution is 0.0957. The number of hydrogen-bond donors (Lipinski definition) is 3. The minimum Gasteiger partial charge on any atom is -0.459 e. The predicted molar refractivity (Wildman–Crippen MR) is 108 cm³/mol. The highest BCUT2D eigenvalue weighted by Gasteiger charge is 2.16. The van der Waals surface area contributed by atoms with Gasteiger partial charge in [0.25, 0.3) is 11.8 Å². The van der Waals surface area contributed by atoms with Crippen LogP contribution < -0.4 is 16.0 Å². The number of nitriles is 1. The zero-order valence-electron chi connectivity index (χ0n) is 15.4. The van der Waals surface area contributed by atoms with Crippen LogP contribution in [0.3, 0.4) is 0 Å². The van der Waals surface area contributed by atoms with E-state index in [-0.39, 0.29) is 23.8 Å². The third kappa shape index (κ3) is 4.80. The number of aryl methyl sites for hydroxylation is 1. The Hall–Kier alpha value is -3.64. The first-order valence-electron chi connectivity index (χ1n) is 8.65. The summed E-state index contributed by atoms with van der Waals surface area (Å²) < 4.78 is 18.6. The van der Waals surface area contributed by atoms with Crippen molar-refractivity contribution in [2.24, 2.45) is 0 Å². The van der Waals surface area contributed by atoms with Crippen LogP contribution in [-0.2, 0) is 0 Å². The maximum Gasteiger partial charge on any atom is 0.291 e. The molecule has 7 nitrogen and oxygen atoms in total. The van der Waals surface area contributed by atoms with E-state index in [1.54, 1.807) is 31.2 Å². The molecule has 0 aliphatic heterocycles. The molecule has 2 aromatic heterocycles. The lowest BCUT2D eigenvalue weighted by Crippen LogP contribution is -2.28. The number of carbonyl (C=O) groups excluding carboxylic acids is 2. The molecule has 0 bridgehead atoms. The maximum absolute atomic E-state index is 13.6. The molecule has 1 aromatic carbocycles. The number of carbonyl (C=O) groups is 2. The Labute approximate surface area is 170 Å². The lowest BCUT2D eigenvalue weighted by Gasteiger charge is -2.09. The van der Waals surface area contributed by atoms with Gasteiger partial charge in [-0.05, 0) is 42.8 Å². The number of halogens is 1. The van der Waals surface area contributed by atoms with Crippen molar-refractivity contribution in [3.05, 3.63) is 70.2 Å². The smallest absolute Gasteiger partial charge is 0.291 e. The number of rotatable bonds is 7. The Kier molecular flexibility index (Phi) is 6.26. The van der Waals surface area contributed by atoms with E-state index < -0.39 is 11.7 Å². The van der Waals surface area contributed by atoms with Gasteiger partial charge < -0.3 is 20.4 Å². The molecule has 29 heavy (non-hydrogen) atoms. The van der Waals surface area contributed by atoms with Crippen LogP contribution in [0.1, 0.15) is 31.4 Å². The third-order valence-electron chi connectivity index (χ3n) is 3.96. The number of thiophene rings is 1. The first-order chi connectivity index (χ1) is 14.0. The van der Waals surface area contributed by atoms with Gasteiger partial charge in [-0.3, -0.25) is 9.59 Å². The van der Waals surface area contributed by atoms with E-state index in [0.717, 1.165) is 16.9 Å². The molecule has 0 fully saturated rings. The van der Waals surface area contributed by atoms with E-state index in [2.05, 4.69) is 16.0 Å². The Morgan fingerprint density at radius 1 is 1.21 bits per heavy atom. The number of anilines is 2. The molecule has 0 aliphatic rings. The molecule has 9 heteroatoms. The maximum atomic E-state index is 13.6. The van der Waals surface area contributed by atoms with Crippen molar-refractivity contribution in [1.29, 1.82) is 5.26 Å². The normalized spacial score (nSPS) is 10.2. The van der Waals surface area contributed by atoms with Gasteiger partial charge in [0.2, 0.25) is 0 Å². The van der Waals surface area contributed by atoms with Gasteiger partial charge in [0.15, 0.2) is 5.76 Å². The van der Waals surface area contributed by atoms with Gasteiger partial charge in [-0.2, -0.15) is 5.26 Å². The fourth-order valence-electron chi connectivity index (χ4n) is 2.59. The summed E-state index contributed by atoms with van der Waals surface area (Å²) in [6.45, 7) is 2.36. The van der Waals surface area contributed by atoms with Crippen LogP contribution in [0.25, 0.3) is 0 Å². The number of furan rings is 1. The van der Waals surface area contributed by atoms with E-state index in [9.17, 15) is 14.0 Å². The Morgan fingerprint density at radius 2 is 2.03 bits per heavy atom. The van der Waals surface area contributed by atoms with Gasteiger partial charge in [0, 0.05) is 13.1 Å². The first-order valence-corrected chi connectivity index (χ1v) is 9.47. The van der Waals surface area contributed by atoms with E-state index in [1.807, 2.05) is 6.07 Å². The Morgan fingerprint density at radius 3 is 2.76 bits per heavy atom. The zero-order valence-corrected chi connectivity index (χ0v) is 16.2. The number of nitrogens with zero attached hydrogens (tertiary/aromatic N) is 1. The largest absolute Gasteiger partial charge is 0.459 e. The van der Waals surface area contributed by atoms with Gasteiger partial charge in [0.1, 0.15) is 17.4 Å². The van der Waals surface area contributed by atoms with Crippen molar-refractivity contribution in [1.82, 2.24) is 5.32 Å². The van der Waals surface area contributed by atoms with Crippen molar-refractivity contribution in [3.63, 3.8) is 0 Å². The summed E-state index contributed by atoms with van der Waals surface area (Å²) in [7, 11) is 0. The number of nitrogens with one attached hydrogen (secondary N) is 3. The summed E-state index contributed by atoms with van der Waals surface area (Å²) in [5, 5.41) is 17.9. The minimum atomic E-state index is -0.597. The summed E-state index contributed by atoms with van der Waals surface area (Å²) in [5.74, 6) is -1.09. The molecule has 0 atom stereocenters. The SMILES string of the molecule is Cc1cc(NC(=O)c2ccco2)sc1C(=O)NCCNc1cccc(F)c1C#N. The van der Waals surface area contributed by atoms with Crippen molar-refractivity contribution in [2.45, 2.75) is 6.92 Å². The zero-order chi connectivity index (χ0) is 20.8. The second kappa shape index (κ2) is 9.03. The van der Waals surface area contributed by atoms with Gasteiger partial charge in [-0.1, -0.05) is 6.07 Å². The molecule has 0 radical (unpaired) electrons. The molecular formula is C20H17FN4O3S. The van der Waals surface area contributed by atoms with Crippen molar-refractivity contribution < 1.29 is 18.4 Å². The average molecular weight is 412 g/mol. The van der Waals surface area contributed by atoms with Crippen LogP contribution in [0.4, 0.5) is 15.1 Å². The minimum absolute atomic E-state index is 0.0649. The fraction of sp³-hybridized carbons (Fsp3) is 0.150. The molecule has 3 aromatic rings. The second-order valence-electron chi connectivity index (χ2n) is 6.01. The molecule has 0 saturated carbocycles. The van der Waals surface area contributed by atoms with E-state index in [4.69, 9.17) is 9.68 Å². The van der Waals surface area contributed by atoms with Crippen LogP contribution in [0, 0.1) is 24.1 Å². The molecule has 2 heterocycles. The molecule has 3 N–H and O–H groups in total. The quantitative estimate of drug-likeness (QED) is 0.512. The van der Waals surface area contributed by atoms with Gasteiger partial charge >= 0.3 is 0 Å². The topological polar surface area (TPSA) is 107 Å². The molecule has 0 aliphatic carbocycles. The lowest BCUT2D eigenvalue weighted by atomic mass is 10.2. The molecule has 148 valence electrons. The fourth-order valence-corrected chi connectivity index (χ4v) is 3.57. The van der Waals surface area contributed by atoms with Crippen LogP contribution >= 0.6 is 11.3 Å². The summed E-state index contributed by atoms with van der Waals surface area (Å²) in [6.07, 6.45) is 1.41. The average Bonchev–Trinajstić information content (AvgIpc) is 3.35. The second-order valence-corrected chi connectivity index (χ2v) is 7.06. The van der Waals surface area contributed by atoms with Crippen LogP contribution in [-0.4, -0.2) is 24.9 Å². The molecule has 0 saturated heterocycles. The predicted octanol–water partition coefficient (Wildman–Crippen LogP) is 3.75. The number of benzene rings is 1. The molecule has 3 rings (SSSR count). The third-order valence-corrected chi connectivity index (χ3v) is 5.11. The number of hydrogen-bond acceptors (Lipinski definition) is 6. The van der Waals surface area contributed by atoms with E-state index in [0.29, 0.717) is 22.1 Å². The summed E-state index contributed by atoms with van der Waals surface area (Å²) in [4.78, 5) is 24.9. The summed E-state index contributed by atoms with van der Waals surface area (Å²) in [6, 6.07) is 11.0. The first kappa shape index (κ1) is 20.1. The van der Waals surface area contributed by atoms with Crippen LogP contribution in [0.15, 0.2) is 47.1 Å². The Bertz CT molecular complexity index is 1070. The summed E-state index contributed by atoms with van der Waals surface area (Å²) in [5.41, 5.74) is 1.04. The summed E-state index contributed by atoms with van der Waals surface area (Å²) >= 11 is 1.16. The van der Waals surface area contributed by atoms with Crippen molar-refractivity contribution >= 4 is 33.8 Å². The molecule has 0 spiro atoms. The van der Waals surface area contributed by atoms with Crippen LogP contribution in [0.5, 0.6) is 0 Å². The highest BCUT2D eigenvalue weighted by molar-refractivity contribution is 7.18. The Balaban J connectivity index is 1.54. The molecule has 0 unspecified atom stereocenters. The van der Waals surface area contributed by atoms with Crippen molar-refractivity contribution in [2.75, 3.05) is 23.7 Å². The standard InChI is InChI=1S/C20H17FN4O3S/c1-12-10-17(25-19(26)16-6-3-9-28-16)29-18(12)20(27)24-8-7-23-15-5-2-4-14(21)13(15)11-22/h2-6,9-10,23H,7-8H2,1H3,(H,24,27)(H,25,26). The van der Waals surface area contributed by atoms with Crippen molar-refractivity contribution in [3.8, 4) is 6.07 Å². The van der Waals surface area contributed by atoms with Crippen LogP contribution in [0.2, 0.25) is 0 Å². The van der Waals surface area contributed by atoms with Gasteiger partial charge in [-0.25, -0.2) is 4.39 Å². The highest BCUT2D eigenvalue weighted by atomic mass is 32.1. The molecular weight excluding hydrogens is 395 g/mol. The van der Waals surface area contributed by atoms with Gasteiger partial charge in [-0.15, -0.1) is 11.3 Å². The van der Waals surface area contributed by atoms with Gasteiger partial charge in [0.05, 0.1) is 21.8 Å². The monoisotopic (exact) mass is 412 g/mol. The number of amides is 2. The van der Waals surface area contributed by atoms with E-state index in [1.165, 1.54) is 18.4 Å². The highest BCUT2D eigenvalue weighted by Crippen LogP contribution is 2.27.